The number of nitrogens with zero attached hydrogens (tertiary/aromatic N) is 1. The average molecular weight is 353 g/mol. The molecular formula is C19H19N3O4. The number of methoxy groups -OCH3 is 1. The van der Waals surface area contributed by atoms with Gasteiger partial charge in [0, 0.05) is 35.3 Å². The number of nitrogens with one attached hydrogen (secondary N) is 2. The lowest BCUT2D eigenvalue weighted by atomic mass is 10.1. The zero-order valence-electron chi connectivity index (χ0n) is 14.3. The lowest BCUT2D eigenvalue weighted by Crippen LogP contribution is -2.27. The van der Waals surface area contributed by atoms with Crippen molar-refractivity contribution in [3.05, 3.63) is 69.9 Å². The first-order valence-corrected chi connectivity index (χ1v) is 8.21. The van der Waals surface area contributed by atoms with Crippen LogP contribution in [0, 0.1) is 10.1 Å². The van der Waals surface area contributed by atoms with Crippen LogP contribution in [-0.4, -0.2) is 29.5 Å². The maximum atomic E-state index is 12.1. The average Bonchev–Trinajstić information content (AvgIpc) is 3.04. The molecular weight excluding hydrogens is 334 g/mol. The third-order valence-corrected chi connectivity index (χ3v) is 4.23. The normalized spacial score (nSPS) is 10.7. The molecule has 0 aliphatic carbocycles. The number of aromatic nitrogens is 1. The van der Waals surface area contributed by atoms with Crippen molar-refractivity contribution in [2.24, 2.45) is 0 Å². The zero-order chi connectivity index (χ0) is 18.5. The van der Waals surface area contributed by atoms with Crippen molar-refractivity contribution >= 4 is 22.5 Å². The zero-order valence-corrected chi connectivity index (χ0v) is 14.3. The molecule has 7 nitrogen and oxygen atoms in total. The highest BCUT2D eigenvalue weighted by molar-refractivity contribution is 5.85. The highest BCUT2D eigenvalue weighted by Crippen LogP contribution is 2.23. The largest absolute Gasteiger partial charge is 0.497 e. The number of nitro groups is 1. The fraction of sp³-hybridized carbons (Fsp3) is 0.211. The van der Waals surface area contributed by atoms with Gasteiger partial charge in [0.2, 0.25) is 5.91 Å². The minimum Gasteiger partial charge on any atom is -0.497 e. The number of rotatable bonds is 7. The Morgan fingerprint density at radius 2 is 2.04 bits per heavy atom. The number of benzene rings is 2. The molecule has 0 saturated heterocycles. The highest BCUT2D eigenvalue weighted by atomic mass is 16.6. The number of aromatic amines is 1. The maximum Gasteiger partial charge on any atom is 0.273 e. The van der Waals surface area contributed by atoms with E-state index in [1.807, 2.05) is 24.4 Å². The summed E-state index contributed by atoms with van der Waals surface area (Å²) >= 11 is 0. The summed E-state index contributed by atoms with van der Waals surface area (Å²) < 4.78 is 5.25. The van der Waals surface area contributed by atoms with Crippen LogP contribution in [0.4, 0.5) is 5.69 Å². The molecule has 0 unspecified atom stereocenters. The summed E-state index contributed by atoms with van der Waals surface area (Å²) in [7, 11) is 1.62. The Balaban J connectivity index is 1.60. The van der Waals surface area contributed by atoms with E-state index in [0.717, 1.165) is 22.2 Å². The van der Waals surface area contributed by atoms with Crippen molar-refractivity contribution in [1.82, 2.24) is 10.3 Å². The van der Waals surface area contributed by atoms with Crippen LogP contribution in [0.15, 0.2) is 48.7 Å². The van der Waals surface area contributed by atoms with E-state index in [9.17, 15) is 14.9 Å². The molecule has 2 N–H and O–H groups in total. The van der Waals surface area contributed by atoms with E-state index < -0.39 is 4.92 Å². The van der Waals surface area contributed by atoms with E-state index in [1.165, 1.54) is 6.07 Å². The second-order valence-electron chi connectivity index (χ2n) is 5.89. The first kappa shape index (κ1) is 17.5. The van der Waals surface area contributed by atoms with Gasteiger partial charge in [-0.15, -0.1) is 0 Å². The van der Waals surface area contributed by atoms with Crippen molar-refractivity contribution < 1.29 is 14.5 Å². The predicted octanol–water partition coefficient (Wildman–Crippen LogP) is 2.99. The number of ether oxygens (including phenoxy) is 1. The smallest absolute Gasteiger partial charge is 0.273 e. The van der Waals surface area contributed by atoms with Crippen LogP contribution in [0.1, 0.15) is 11.1 Å². The fourth-order valence-electron chi connectivity index (χ4n) is 2.90. The van der Waals surface area contributed by atoms with Crippen LogP contribution in [0.5, 0.6) is 5.75 Å². The Morgan fingerprint density at radius 1 is 1.23 bits per heavy atom. The highest BCUT2D eigenvalue weighted by Gasteiger charge is 2.15. The number of amides is 1. The summed E-state index contributed by atoms with van der Waals surface area (Å²) in [6, 6.07) is 12.1. The van der Waals surface area contributed by atoms with Crippen LogP contribution >= 0.6 is 0 Å². The molecule has 0 radical (unpaired) electrons. The number of hydrogen-bond donors (Lipinski definition) is 2. The molecule has 0 saturated carbocycles. The minimum absolute atomic E-state index is 0.0150. The lowest BCUT2D eigenvalue weighted by Gasteiger charge is -2.06. The molecule has 3 aromatic rings. The van der Waals surface area contributed by atoms with Crippen molar-refractivity contribution in [2.75, 3.05) is 13.7 Å². The van der Waals surface area contributed by atoms with Gasteiger partial charge in [-0.05, 0) is 30.2 Å². The number of carbonyl (C=O) groups is 1. The molecule has 0 bridgehead atoms. The van der Waals surface area contributed by atoms with Gasteiger partial charge in [0.05, 0.1) is 18.5 Å². The van der Waals surface area contributed by atoms with Gasteiger partial charge < -0.3 is 15.0 Å². The summed E-state index contributed by atoms with van der Waals surface area (Å²) in [4.78, 5) is 25.9. The number of fused-ring (bicyclic) bond motifs is 1. The van der Waals surface area contributed by atoms with Crippen molar-refractivity contribution in [2.45, 2.75) is 12.8 Å². The van der Waals surface area contributed by atoms with Crippen LogP contribution in [0.2, 0.25) is 0 Å². The SMILES string of the molecule is COc1ccc2[nH]cc(CCNC(=O)Cc3ccccc3[N+](=O)[O-])c2c1. The summed E-state index contributed by atoms with van der Waals surface area (Å²) in [5.41, 5.74) is 2.45. The van der Waals surface area contributed by atoms with Gasteiger partial charge in [-0.2, -0.15) is 0 Å². The fourth-order valence-corrected chi connectivity index (χ4v) is 2.90. The molecule has 0 fully saturated rings. The quantitative estimate of drug-likeness (QED) is 0.504. The topological polar surface area (TPSA) is 97.3 Å². The number of carbonyl (C=O) groups excluding carboxylic acids is 1. The molecule has 0 aliphatic rings. The summed E-state index contributed by atoms with van der Waals surface area (Å²) in [5, 5.41) is 14.9. The van der Waals surface area contributed by atoms with Gasteiger partial charge in [-0.25, -0.2) is 0 Å². The standard InChI is InChI=1S/C19H19N3O4/c1-26-15-6-7-17-16(11-15)14(12-21-17)8-9-20-19(23)10-13-4-2-3-5-18(13)22(24)25/h2-7,11-12,21H,8-10H2,1H3,(H,20,23). The van der Waals surface area contributed by atoms with Crippen LogP contribution < -0.4 is 10.1 Å². The first-order valence-electron chi connectivity index (χ1n) is 8.21. The third-order valence-electron chi connectivity index (χ3n) is 4.23. The Kier molecular flexibility index (Phi) is 5.17. The minimum atomic E-state index is -0.470. The van der Waals surface area contributed by atoms with E-state index >= 15 is 0 Å². The second-order valence-corrected chi connectivity index (χ2v) is 5.89. The number of nitro benzene ring substituents is 1. The first-order chi connectivity index (χ1) is 12.6. The summed E-state index contributed by atoms with van der Waals surface area (Å²) in [6.45, 7) is 0.448. The van der Waals surface area contributed by atoms with E-state index in [0.29, 0.717) is 18.5 Å². The Labute approximate surface area is 150 Å². The van der Waals surface area contributed by atoms with Gasteiger partial charge in [0.15, 0.2) is 0 Å². The predicted molar refractivity (Wildman–Crippen MR) is 98.4 cm³/mol. The molecule has 1 heterocycles. The number of H-pyrrole nitrogens is 1. The van der Waals surface area contributed by atoms with Crippen molar-refractivity contribution in [3.63, 3.8) is 0 Å². The molecule has 26 heavy (non-hydrogen) atoms. The molecule has 0 spiro atoms. The summed E-state index contributed by atoms with van der Waals surface area (Å²) in [5.74, 6) is 0.537. The number of para-hydroxylation sites is 1. The van der Waals surface area contributed by atoms with E-state index in [-0.39, 0.29) is 18.0 Å². The second kappa shape index (κ2) is 7.69. The van der Waals surface area contributed by atoms with Crippen LogP contribution in [0.3, 0.4) is 0 Å². The lowest BCUT2D eigenvalue weighted by molar-refractivity contribution is -0.385. The molecule has 7 heteroatoms. The molecule has 2 aromatic carbocycles. The number of hydrogen-bond acceptors (Lipinski definition) is 4. The molecule has 1 amide bonds. The van der Waals surface area contributed by atoms with Crippen molar-refractivity contribution in [1.29, 1.82) is 0 Å². The van der Waals surface area contributed by atoms with Crippen LogP contribution in [-0.2, 0) is 17.6 Å². The molecule has 3 rings (SSSR count). The Bertz CT molecular complexity index is 949. The van der Waals surface area contributed by atoms with Gasteiger partial charge in [-0.3, -0.25) is 14.9 Å². The summed E-state index contributed by atoms with van der Waals surface area (Å²) in [6.07, 6.45) is 2.55. The van der Waals surface area contributed by atoms with E-state index in [1.54, 1.807) is 25.3 Å². The maximum absolute atomic E-state index is 12.1. The molecule has 0 aliphatic heterocycles. The third kappa shape index (κ3) is 3.83. The van der Waals surface area contributed by atoms with Crippen LogP contribution in [0.25, 0.3) is 10.9 Å². The van der Waals surface area contributed by atoms with E-state index in [2.05, 4.69) is 10.3 Å². The Hall–Kier alpha value is -3.35. The van der Waals surface area contributed by atoms with Gasteiger partial charge in [0.25, 0.3) is 5.69 Å². The van der Waals surface area contributed by atoms with Crippen molar-refractivity contribution in [3.8, 4) is 5.75 Å². The monoisotopic (exact) mass is 353 g/mol. The van der Waals surface area contributed by atoms with Gasteiger partial charge in [0.1, 0.15) is 5.75 Å². The van der Waals surface area contributed by atoms with E-state index in [4.69, 9.17) is 4.74 Å². The van der Waals surface area contributed by atoms with Gasteiger partial charge in [-0.1, -0.05) is 18.2 Å². The molecule has 134 valence electrons. The molecule has 0 atom stereocenters. The molecule has 1 aromatic heterocycles. The Morgan fingerprint density at radius 3 is 2.81 bits per heavy atom. The van der Waals surface area contributed by atoms with Gasteiger partial charge >= 0.3 is 0 Å².